The molecule has 102 valence electrons. The fourth-order valence-electron chi connectivity index (χ4n) is 1.88. The SMILES string of the molecule is CCC(COC)n1nnnc1-c1cc(N)ccc1F. The number of tetrazole rings is 1. The summed E-state index contributed by atoms with van der Waals surface area (Å²) in [6, 6.07) is 4.29. The molecule has 1 aromatic carbocycles. The Morgan fingerprint density at radius 1 is 1.47 bits per heavy atom. The Balaban J connectivity index is 2.46. The van der Waals surface area contributed by atoms with Crippen LogP contribution in [0.3, 0.4) is 0 Å². The van der Waals surface area contributed by atoms with Gasteiger partial charge >= 0.3 is 0 Å². The van der Waals surface area contributed by atoms with E-state index in [2.05, 4.69) is 15.5 Å². The number of hydrogen-bond acceptors (Lipinski definition) is 5. The molecule has 0 bridgehead atoms. The number of nitrogens with two attached hydrogens (primary N) is 1. The van der Waals surface area contributed by atoms with Crippen LogP contribution in [0.4, 0.5) is 10.1 Å². The van der Waals surface area contributed by atoms with Gasteiger partial charge in [-0.1, -0.05) is 6.92 Å². The van der Waals surface area contributed by atoms with Gasteiger partial charge in [0.1, 0.15) is 5.82 Å². The molecule has 19 heavy (non-hydrogen) atoms. The average Bonchev–Trinajstić information content (AvgIpc) is 2.87. The maximum Gasteiger partial charge on any atom is 0.185 e. The molecule has 1 aromatic heterocycles. The van der Waals surface area contributed by atoms with Crippen molar-refractivity contribution >= 4 is 5.69 Å². The zero-order chi connectivity index (χ0) is 13.8. The summed E-state index contributed by atoms with van der Waals surface area (Å²) in [5.74, 6) is -0.0498. The Morgan fingerprint density at radius 2 is 2.26 bits per heavy atom. The van der Waals surface area contributed by atoms with Crippen LogP contribution in [0.5, 0.6) is 0 Å². The summed E-state index contributed by atoms with van der Waals surface area (Å²) in [6.07, 6.45) is 0.774. The topological polar surface area (TPSA) is 78.8 Å². The Morgan fingerprint density at radius 3 is 2.95 bits per heavy atom. The summed E-state index contributed by atoms with van der Waals surface area (Å²) in [7, 11) is 1.60. The molecule has 0 radical (unpaired) electrons. The van der Waals surface area contributed by atoms with E-state index in [4.69, 9.17) is 10.5 Å². The van der Waals surface area contributed by atoms with Gasteiger partial charge in [0, 0.05) is 12.8 Å². The third-order valence-electron chi connectivity index (χ3n) is 2.90. The molecule has 1 unspecified atom stereocenters. The Labute approximate surface area is 110 Å². The van der Waals surface area contributed by atoms with Crippen molar-refractivity contribution in [3.05, 3.63) is 24.0 Å². The molecule has 6 nitrogen and oxygen atoms in total. The zero-order valence-corrected chi connectivity index (χ0v) is 10.9. The van der Waals surface area contributed by atoms with Crippen LogP contribution in [0.2, 0.25) is 0 Å². The van der Waals surface area contributed by atoms with E-state index in [0.29, 0.717) is 23.7 Å². The minimum atomic E-state index is -0.405. The predicted molar refractivity (Wildman–Crippen MR) is 68.8 cm³/mol. The van der Waals surface area contributed by atoms with Crippen LogP contribution in [-0.2, 0) is 4.74 Å². The first-order chi connectivity index (χ1) is 9.17. The summed E-state index contributed by atoms with van der Waals surface area (Å²) in [5.41, 5.74) is 6.44. The Bertz CT molecular complexity index is 557. The highest BCUT2D eigenvalue weighted by Crippen LogP contribution is 2.25. The van der Waals surface area contributed by atoms with Gasteiger partial charge in [-0.05, 0) is 35.0 Å². The van der Waals surface area contributed by atoms with Gasteiger partial charge in [0.25, 0.3) is 0 Å². The lowest BCUT2D eigenvalue weighted by molar-refractivity contribution is 0.147. The lowest BCUT2D eigenvalue weighted by Gasteiger charge is -2.15. The van der Waals surface area contributed by atoms with Crippen molar-refractivity contribution in [1.82, 2.24) is 20.2 Å². The van der Waals surface area contributed by atoms with E-state index in [0.717, 1.165) is 6.42 Å². The third-order valence-corrected chi connectivity index (χ3v) is 2.90. The van der Waals surface area contributed by atoms with Crippen molar-refractivity contribution in [3.63, 3.8) is 0 Å². The summed E-state index contributed by atoms with van der Waals surface area (Å²) in [4.78, 5) is 0. The van der Waals surface area contributed by atoms with Gasteiger partial charge in [0.2, 0.25) is 0 Å². The molecular formula is C12H16FN5O. The van der Waals surface area contributed by atoms with Crippen molar-refractivity contribution in [3.8, 4) is 11.4 Å². The summed E-state index contributed by atoms with van der Waals surface area (Å²) >= 11 is 0. The molecule has 7 heteroatoms. The molecule has 2 N–H and O–H groups in total. The van der Waals surface area contributed by atoms with E-state index < -0.39 is 5.82 Å². The Hall–Kier alpha value is -2.02. The monoisotopic (exact) mass is 265 g/mol. The minimum Gasteiger partial charge on any atom is -0.399 e. The number of nitrogens with zero attached hydrogens (tertiary/aromatic N) is 4. The van der Waals surface area contributed by atoms with E-state index >= 15 is 0 Å². The van der Waals surface area contributed by atoms with Crippen molar-refractivity contribution in [1.29, 1.82) is 0 Å². The van der Waals surface area contributed by atoms with Crippen LogP contribution < -0.4 is 5.73 Å². The molecule has 2 aromatic rings. The molecule has 0 spiro atoms. The first-order valence-electron chi connectivity index (χ1n) is 5.99. The minimum absolute atomic E-state index is 0.0455. The number of anilines is 1. The van der Waals surface area contributed by atoms with Crippen LogP contribution in [0.15, 0.2) is 18.2 Å². The highest BCUT2D eigenvalue weighted by molar-refractivity contribution is 5.61. The molecule has 0 aliphatic heterocycles. The van der Waals surface area contributed by atoms with Crippen LogP contribution in [0.1, 0.15) is 19.4 Å². The molecule has 1 atom stereocenters. The fourth-order valence-corrected chi connectivity index (χ4v) is 1.88. The second-order valence-corrected chi connectivity index (χ2v) is 4.20. The van der Waals surface area contributed by atoms with Gasteiger partial charge in [0.15, 0.2) is 5.82 Å². The third kappa shape index (κ3) is 2.70. The number of hydrogen-bond donors (Lipinski definition) is 1. The van der Waals surface area contributed by atoms with E-state index in [1.165, 1.54) is 18.2 Å². The number of methoxy groups -OCH3 is 1. The van der Waals surface area contributed by atoms with Crippen molar-refractivity contribution in [2.45, 2.75) is 19.4 Å². The van der Waals surface area contributed by atoms with Crippen molar-refractivity contribution in [2.75, 3.05) is 19.5 Å². The van der Waals surface area contributed by atoms with Crippen LogP contribution in [0, 0.1) is 5.82 Å². The van der Waals surface area contributed by atoms with Crippen LogP contribution >= 0.6 is 0 Å². The van der Waals surface area contributed by atoms with Gasteiger partial charge in [-0.3, -0.25) is 0 Å². The molecule has 0 aliphatic carbocycles. The number of benzene rings is 1. The maximum atomic E-state index is 13.9. The van der Waals surface area contributed by atoms with Gasteiger partial charge in [-0.25, -0.2) is 9.07 Å². The second-order valence-electron chi connectivity index (χ2n) is 4.20. The van der Waals surface area contributed by atoms with E-state index in [1.807, 2.05) is 6.92 Å². The van der Waals surface area contributed by atoms with Crippen molar-refractivity contribution < 1.29 is 9.13 Å². The average molecular weight is 265 g/mol. The van der Waals surface area contributed by atoms with Crippen LogP contribution in [0.25, 0.3) is 11.4 Å². The smallest absolute Gasteiger partial charge is 0.185 e. The predicted octanol–water partition coefficient (Wildman–Crippen LogP) is 1.66. The number of aromatic nitrogens is 4. The molecule has 0 saturated heterocycles. The normalized spacial score (nSPS) is 12.6. The molecule has 1 heterocycles. The second kappa shape index (κ2) is 5.75. The molecule has 0 aliphatic rings. The highest BCUT2D eigenvalue weighted by Gasteiger charge is 2.19. The molecular weight excluding hydrogens is 249 g/mol. The number of halogens is 1. The molecule has 2 rings (SSSR count). The quantitative estimate of drug-likeness (QED) is 0.832. The number of rotatable bonds is 5. The Kier molecular flexibility index (Phi) is 4.06. The van der Waals surface area contributed by atoms with Crippen LogP contribution in [-0.4, -0.2) is 33.9 Å². The number of nitrogen functional groups attached to an aromatic ring is 1. The first-order valence-corrected chi connectivity index (χ1v) is 5.99. The van der Waals surface area contributed by atoms with E-state index in [1.54, 1.807) is 11.8 Å². The molecule has 0 saturated carbocycles. The maximum absolute atomic E-state index is 13.9. The highest BCUT2D eigenvalue weighted by atomic mass is 19.1. The number of ether oxygens (including phenoxy) is 1. The molecule has 0 fully saturated rings. The molecule has 0 amide bonds. The zero-order valence-electron chi connectivity index (χ0n) is 10.9. The summed E-state index contributed by atoms with van der Waals surface area (Å²) in [5, 5.41) is 11.4. The van der Waals surface area contributed by atoms with Gasteiger partial charge in [0.05, 0.1) is 18.2 Å². The van der Waals surface area contributed by atoms with Gasteiger partial charge in [-0.2, -0.15) is 0 Å². The largest absolute Gasteiger partial charge is 0.399 e. The lowest BCUT2D eigenvalue weighted by atomic mass is 10.1. The standard InChI is InChI=1S/C12H16FN5O/c1-3-9(7-19-2)18-12(15-16-17-18)10-6-8(14)4-5-11(10)13/h4-6,9H,3,7,14H2,1-2H3. The van der Waals surface area contributed by atoms with Gasteiger partial charge in [-0.15, -0.1) is 5.10 Å². The van der Waals surface area contributed by atoms with E-state index in [9.17, 15) is 4.39 Å². The van der Waals surface area contributed by atoms with E-state index in [-0.39, 0.29) is 6.04 Å². The van der Waals surface area contributed by atoms with Crippen molar-refractivity contribution in [2.24, 2.45) is 0 Å². The first kappa shape index (κ1) is 13.4. The fraction of sp³-hybridized carbons (Fsp3) is 0.417. The summed E-state index contributed by atoms with van der Waals surface area (Å²) in [6.45, 7) is 2.45. The van der Waals surface area contributed by atoms with Gasteiger partial charge < -0.3 is 10.5 Å². The summed E-state index contributed by atoms with van der Waals surface area (Å²) < 4.78 is 20.6. The lowest BCUT2D eigenvalue weighted by Crippen LogP contribution is -2.17.